The third kappa shape index (κ3) is 3.93. The number of esters is 1. The molecule has 19 heavy (non-hydrogen) atoms. The minimum atomic E-state index is -0.712. The maximum absolute atomic E-state index is 11.9. The van der Waals surface area contributed by atoms with E-state index in [-0.39, 0.29) is 5.97 Å². The summed E-state index contributed by atoms with van der Waals surface area (Å²) in [6.45, 7) is 0. The van der Waals surface area contributed by atoms with Crippen LogP contribution < -0.4 is 0 Å². The van der Waals surface area contributed by atoms with Gasteiger partial charge in [0.25, 0.3) is 0 Å². The molecular weight excluding hydrogens is 240 g/mol. The van der Waals surface area contributed by atoms with Gasteiger partial charge in [0, 0.05) is 26.0 Å². The number of methoxy groups -OCH3 is 1. The first-order valence-corrected chi connectivity index (χ1v) is 6.75. The maximum Gasteiger partial charge on any atom is 0.333 e. The molecule has 102 valence electrons. The molecule has 0 bridgehead atoms. The normalized spacial score (nSPS) is 18.4. The molecule has 2 rings (SSSR count). The predicted octanol–water partition coefficient (Wildman–Crippen LogP) is 3.55. The SMILES string of the molecule is COC1(OC(=O)C=Cc2ccccc2)CCCCC1. The zero-order valence-electron chi connectivity index (χ0n) is 11.3. The van der Waals surface area contributed by atoms with Crippen LogP contribution in [0.2, 0.25) is 0 Å². The number of hydrogen-bond acceptors (Lipinski definition) is 3. The van der Waals surface area contributed by atoms with Gasteiger partial charge < -0.3 is 9.47 Å². The molecule has 0 amide bonds. The standard InChI is InChI=1S/C16H20O3/c1-18-16(12-6-3-7-13-16)19-15(17)11-10-14-8-4-2-5-9-14/h2,4-5,8-11H,3,6-7,12-13H2,1H3. The minimum Gasteiger partial charge on any atom is -0.430 e. The van der Waals surface area contributed by atoms with Crippen LogP contribution in [0, 0.1) is 0 Å². The highest BCUT2D eigenvalue weighted by Crippen LogP contribution is 2.32. The van der Waals surface area contributed by atoms with Crippen molar-refractivity contribution in [3.63, 3.8) is 0 Å². The molecule has 0 N–H and O–H groups in total. The molecule has 1 aliphatic rings. The van der Waals surface area contributed by atoms with Crippen LogP contribution in [0.15, 0.2) is 36.4 Å². The van der Waals surface area contributed by atoms with E-state index in [1.807, 2.05) is 30.3 Å². The zero-order chi connectivity index (χ0) is 13.6. The van der Waals surface area contributed by atoms with Crippen molar-refractivity contribution in [3.8, 4) is 0 Å². The third-order valence-electron chi connectivity index (χ3n) is 3.49. The molecule has 3 nitrogen and oxygen atoms in total. The first kappa shape index (κ1) is 13.8. The summed E-state index contributed by atoms with van der Waals surface area (Å²) in [6.07, 6.45) is 8.07. The second-order valence-corrected chi connectivity index (χ2v) is 4.84. The van der Waals surface area contributed by atoms with E-state index in [2.05, 4.69) is 0 Å². The maximum atomic E-state index is 11.9. The molecule has 0 spiro atoms. The summed E-state index contributed by atoms with van der Waals surface area (Å²) < 4.78 is 10.9. The van der Waals surface area contributed by atoms with Gasteiger partial charge in [0.15, 0.2) is 0 Å². The number of ether oxygens (including phenoxy) is 2. The van der Waals surface area contributed by atoms with Gasteiger partial charge in [-0.25, -0.2) is 4.79 Å². The number of benzene rings is 1. The van der Waals surface area contributed by atoms with Gasteiger partial charge in [-0.3, -0.25) is 0 Å². The van der Waals surface area contributed by atoms with E-state index in [1.165, 1.54) is 12.5 Å². The Kier molecular flexibility index (Phi) is 4.74. The van der Waals surface area contributed by atoms with E-state index in [0.29, 0.717) is 0 Å². The van der Waals surface area contributed by atoms with E-state index in [9.17, 15) is 4.79 Å². The largest absolute Gasteiger partial charge is 0.430 e. The number of carbonyl (C=O) groups is 1. The van der Waals surface area contributed by atoms with Crippen LogP contribution in [0.1, 0.15) is 37.7 Å². The average molecular weight is 260 g/mol. The molecule has 0 atom stereocenters. The quantitative estimate of drug-likeness (QED) is 0.472. The van der Waals surface area contributed by atoms with Crippen LogP contribution in [0.3, 0.4) is 0 Å². The molecule has 0 radical (unpaired) electrons. The topological polar surface area (TPSA) is 35.5 Å². The Morgan fingerprint density at radius 1 is 1.16 bits per heavy atom. The van der Waals surface area contributed by atoms with Crippen molar-refractivity contribution < 1.29 is 14.3 Å². The van der Waals surface area contributed by atoms with Gasteiger partial charge in [-0.15, -0.1) is 0 Å². The fourth-order valence-electron chi connectivity index (χ4n) is 2.38. The molecule has 0 unspecified atom stereocenters. The summed E-state index contributed by atoms with van der Waals surface area (Å²) in [4.78, 5) is 11.9. The fourth-order valence-corrected chi connectivity index (χ4v) is 2.38. The summed E-state index contributed by atoms with van der Waals surface area (Å²) >= 11 is 0. The Morgan fingerprint density at radius 2 is 1.84 bits per heavy atom. The van der Waals surface area contributed by atoms with Crippen molar-refractivity contribution in [1.82, 2.24) is 0 Å². The van der Waals surface area contributed by atoms with Gasteiger partial charge in [-0.1, -0.05) is 36.8 Å². The number of hydrogen-bond donors (Lipinski definition) is 0. The lowest BCUT2D eigenvalue weighted by Crippen LogP contribution is -2.38. The number of rotatable bonds is 4. The van der Waals surface area contributed by atoms with Crippen molar-refractivity contribution >= 4 is 12.0 Å². The Labute approximate surface area is 114 Å². The molecule has 1 saturated carbocycles. The molecule has 1 fully saturated rings. The Hall–Kier alpha value is -1.61. The summed E-state index contributed by atoms with van der Waals surface area (Å²) in [5.74, 6) is -1.05. The van der Waals surface area contributed by atoms with Gasteiger partial charge in [0.05, 0.1) is 0 Å². The first-order chi connectivity index (χ1) is 9.24. The van der Waals surface area contributed by atoms with E-state index in [1.54, 1.807) is 13.2 Å². The first-order valence-electron chi connectivity index (χ1n) is 6.75. The highest BCUT2D eigenvalue weighted by atomic mass is 16.7. The average Bonchev–Trinajstić information content (AvgIpc) is 2.47. The van der Waals surface area contributed by atoms with E-state index >= 15 is 0 Å². The Bertz CT molecular complexity index is 431. The number of carbonyl (C=O) groups excluding carboxylic acids is 1. The monoisotopic (exact) mass is 260 g/mol. The molecule has 0 aromatic heterocycles. The minimum absolute atomic E-state index is 0.340. The fraction of sp³-hybridized carbons (Fsp3) is 0.438. The van der Waals surface area contributed by atoms with Gasteiger partial charge in [0.2, 0.25) is 5.79 Å². The van der Waals surface area contributed by atoms with Crippen molar-refractivity contribution in [2.75, 3.05) is 7.11 Å². The Balaban J connectivity index is 1.95. The second kappa shape index (κ2) is 6.53. The van der Waals surface area contributed by atoms with Gasteiger partial charge in [-0.05, 0) is 24.5 Å². The summed E-state index contributed by atoms with van der Waals surface area (Å²) in [5, 5.41) is 0. The summed E-state index contributed by atoms with van der Waals surface area (Å²) in [5.41, 5.74) is 0.981. The van der Waals surface area contributed by atoms with Crippen LogP contribution >= 0.6 is 0 Å². The van der Waals surface area contributed by atoms with Crippen molar-refractivity contribution in [1.29, 1.82) is 0 Å². The van der Waals surface area contributed by atoms with E-state index in [0.717, 1.165) is 31.2 Å². The molecule has 1 aromatic rings. The molecule has 0 heterocycles. The lowest BCUT2D eigenvalue weighted by Gasteiger charge is -2.34. The van der Waals surface area contributed by atoms with Crippen molar-refractivity contribution in [2.24, 2.45) is 0 Å². The van der Waals surface area contributed by atoms with Gasteiger partial charge in [0.1, 0.15) is 0 Å². The summed E-state index contributed by atoms with van der Waals surface area (Å²) in [7, 11) is 1.61. The molecule has 3 heteroatoms. The smallest absolute Gasteiger partial charge is 0.333 e. The third-order valence-corrected chi connectivity index (χ3v) is 3.49. The van der Waals surface area contributed by atoms with Crippen LogP contribution in [-0.2, 0) is 14.3 Å². The van der Waals surface area contributed by atoms with Crippen molar-refractivity contribution in [2.45, 2.75) is 37.9 Å². The van der Waals surface area contributed by atoms with Crippen molar-refractivity contribution in [3.05, 3.63) is 42.0 Å². The lowest BCUT2D eigenvalue weighted by molar-refractivity contribution is -0.229. The zero-order valence-corrected chi connectivity index (χ0v) is 11.3. The molecule has 1 aromatic carbocycles. The van der Waals surface area contributed by atoms with Crippen LogP contribution in [0.25, 0.3) is 6.08 Å². The second-order valence-electron chi connectivity index (χ2n) is 4.84. The van der Waals surface area contributed by atoms with E-state index in [4.69, 9.17) is 9.47 Å². The van der Waals surface area contributed by atoms with Crippen LogP contribution in [0.4, 0.5) is 0 Å². The lowest BCUT2D eigenvalue weighted by atomic mass is 9.94. The highest BCUT2D eigenvalue weighted by Gasteiger charge is 2.35. The Morgan fingerprint density at radius 3 is 2.47 bits per heavy atom. The van der Waals surface area contributed by atoms with Crippen LogP contribution in [0.5, 0.6) is 0 Å². The van der Waals surface area contributed by atoms with Gasteiger partial charge >= 0.3 is 5.97 Å². The predicted molar refractivity (Wildman–Crippen MR) is 74.4 cm³/mol. The molecule has 1 aliphatic carbocycles. The van der Waals surface area contributed by atoms with Crippen LogP contribution in [-0.4, -0.2) is 18.9 Å². The van der Waals surface area contributed by atoms with Gasteiger partial charge in [-0.2, -0.15) is 0 Å². The molecular formula is C16H20O3. The highest BCUT2D eigenvalue weighted by molar-refractivity contribution is 5.87. The van der Waals surface area contributed by atoms with E-state index < -0.39 is 5.79 Å². The summed E-state index contributed by atoms with van der Waals surface area (Å²) in [6, 6.07) is 9.69. The molecule has 0 saturated heterocycles. The molecule has 0 aliphatic heterocycles.